The van der Waals surface area contributed by atoms with Gasteiger partial charge in [0.1, 0.15) is 0 Å². The molecular weight excluding hydrogens is 290 g/mol. The molecule has 0 N–H and O–H groups in total. The second-order valence-corrected chi connectivity index (χ2v) is 7.86. The summed E-state index contributed by atoms with van der Waals surface area (Å²) in [6.07, 6.45) is 6.05. The molecular formula is C17H31N5O. The molecule has 1 aromatic rings. The van der Waals surface area contributed by atoms with Gasteiger partial charge in [-0.25, -0.2) is 4.68 Å². The van der Waals surface area contributed by atoms with E-state index in [0.717, 1.165) is 45.1 Å². The maximum Gasteiger partial charge on any atom is 0.0967 e. The second kappa shape index (κ2) is 7.28. The molecule has 0 aliphatic carbocycles. The van der Waals surface area contributed by atoms with Gasteiger partial charge in [-0.3, -0.25) is 9.80 Å². The molecule has 2 aliphatic rings. The summed E-state index contributed by atoms with van der Waals surface area (Å²) in [6, 6.07) is 0.640. The molecule has 0 bridgehead atoms. The minimum atomic E-state index is 0.000348. The molecule has 1 atom stereocenters. The highest BCUT2D eigenvalue weighted by atomic mass is 16.5. The molecule has 3 heterocycles. The van der Waals surface area contributed by atoms with Gasteiger partial charge in [0.05, 0.1) is 30.6 Å². The monoisotopic (exact) mass is 321 g/mol. The lowest BCUT2D eigenvalue weighted by Gasteiger charge is -2.39. The van der Waals surface area contributed by atoms with E-state index in [2.05, 4.69) is 47.1 Å². The number of piperidine rings is 1. The largest absolute Gasteiger partial charge is 0.379 e. The highest BCUT2D eigenvalue weighted by molar-refractivity contribution is 4.96. The Kier molecular flexibility index (Phi) is 5.34. The highest BCUT2D eigenvalue weighted by Crippen LogP contribution is 2.21. The van der Waals surface area contributed by atoms with Crippen molar-refractivity contribution in [2.45, 2.75) is 58.2 Å². The molecule has 1 aromatic heterocycles. The van der Waals surface area contributed by atoms with Crippen molar-refractivity contribution in [1.29, 1.82) is 0 Å². The molecule has 23 heavy (non-hydrogen) atoms. The summed E-state index contributed by atoms with van der Waals surface area (Å²) in [4.78, 5) is 5.16. The number of ether oxygens (including phenoxy) is 1. The molecule has 0 radical (unpaired) electrons. The maximum absolute atomic E-state index is 5.47. The molecule has 130 valence electrons. The predicted octanol–water partition coefficient (Wildman–Crippen LogP) is 1.72. The van der Waals surface area contributed by atoms with E-state index >= 15 is 0 Å². The van der Waals surface area contributed by atoms with Crippen molar-refractivity contribution in [3.63, 3.8) is 0 Å². The van der Waals surface area contributed by atoms with Crippen LogP contribution in [0.4, 0.5) is 0 Å². The van der Waals surface area contributed by atoms with Crippen LogP contribution in [-0.2, 0) is 16.8 Å². The van der Waals surface area contributed by atoms with Gasteiger partial charge < -0.3 is 4.74 Å². The topological polar surface area (TPSA) is 46.4 Å². The van der Waals surface area contributed by atoms with Crippen molar-refractivity contribution in [2.75, 3.05) is 39.4 Å². The van der Waals surface area contributed by atoms with Crippen LogP contribution in [0.15, 0.2) is 6.20 Å². The maximum atomic E-state index is 5.47. The zero-order chi connectivity index (χ0) is 16.3. The van der Waals surface area contributed by atoms with E-state index in [1.807, 2.05) is 4.68 Å². The van der Waals surface area contributed by atoms with Gasteiger partial charge in [-0.05, 0) is 40.2 Å². The number of aromatic nitrogens is 3. The molecule has 2 fully saturated rings. The Balaban J connectivity index is 1.60. The van der Waals surface area contributed by atoms with Crippen molar-refractivity contribution in [3.05, 3.63) is 11.9 Å². The van der Waals surface area contributed by atoms with Gasteiger partial charge in [0.2, 0.25) is 0 Å². The van der Waals surface area contributed by atoms with Crippen molar-refractivity contribution in [1.82, 2.24) is 24.8 Å². The van der Waals surface area contributed by atoms with Gasteiger partial charge in [0.25, 0.3) is 0 Å². The Morgan fingerprint density at radius 3 is 2.65 bits per heavy atom. The Labute approximate surface area is 139 Å². The molecule has 6 nitrogen and oxygen atoms in total. The summed E-state index contributed by atoms with van der Waals surface area (Å²) >= 11 is 0. The third-order valence-electron chi connectivity index (χ3n) is 4.91. The zero-order valence-corrected chi connectivity index (χ0v) is 14.9. The van der Waals surface area contributed by atoms with Crippen LogP contribution in [0.25, 0.3) is 0 Å². The van der Waals surface area contributed by atoms with Crippen LogP contribution in [0.5, 0.6) is 0 Å². The van der Waals surface area contributed by atoms with Crippen molar-refractivity contribution >= 4 is 0 Å². The molecule has 0 aromatic carbocycles. The fourth-order valence-corrected chi connectivity index (χ4v) is 3.46. The first kappa shape index (κ1) is 16.9. The molecule has 0 amide bonds. The van der Waals surface area contributed by atoms with Gasteiger partial charge in [-0.15, -0.1) is 5.10 Å². The predicted molar refractivity (Wildman–Crippen MR) is 90.3 cm³/mol. The Morgan fingerprint density at radius 2 is 1.96 bits per heavy atom. The fraction of sp³-hybridized carbons (Fsp3) is 0.882. The molecule has 1 unspecified atom stereocenters. The average molecular weight is 321 g/mol. The van der Waals surface area contributed by atoms with E-state index in [-0.39, 0.29) is 5.54 Å². The normalized spacial score (nSPS) is 24.9. The quantitative estimate of drug-likeness (QED) is 0.845. The zero-order valence-electron chi connectivity index (χ0n) is 14.9. The molecule has 0 spiro atoms. The summed E-state index contributed by atoms with van der Waals surface area (Å²) in [5, 5.41) is 8.70. The van der Waals surface area contributed by atoms with Gasteiger partial charge >= 0.3 is 0 Å². The molecule has 6 heteroatoms. The van der Waals surface area contributed by atoms with Crippen LogP contribution >= 0.6 is 0 Å². The van der Waals surface area contributed by atoms with E-state index in [1.165, 1.54) is 25.8 Å². The summed E-state index contributed by atoms with van der Waals surface area (Å²) in [6.45, 7) is 13.7. The number of morpholine rings is 1. The number of hydrogen-bond donors (Lipinski definition) is 0. The van der Waals surface area contributed by atoms with Gasteiger partial charge in [0, 0.05) is 32.2 Å². The van der Waals surface area contributed by atoms with E-state index in [4.69, 9.17) is 4.74 Å². The van der Waals surface area contributed by atoms with Crippen LogP contribution in [0.3, 0.4) is 0 Å². The van der Waals surface area contributed by atoms with E-state index in [1.54, 1.807) is 0 Å². The standard InChI is InChI=1S/C17H31N5O/c1-17(2,3)22-13-15(18-19-22)12-21-7-5-4-6-16(21)14-20-8-10-23-11-9-20/h13,16H,4-12,14H2,1-3H3. The van der Waals surface area contributed by atoms with Gasteiger partial charge in [0.15, 0.2) is 0 Å². The summed E-state index contributed by atoms with van der Waals surface area (Å²) in [7, 11) is 0. The SMILES string of the molecule is CC(C)(C)n1cc(CN2CCCCC2CN2CCOCC2)nn1. The average Bonchev–Trinajstić information content (AvgIpc) is 2.99. The van der Waals surface area contributed by atoms with Crippen LogP contribution in [-0.4, -0.2) is 70.2 Å². The lowest BCUT2D eigenvalue weighted by Crippen LogP contribution is -2.49. The lowest BCUT2D eigenvalue weighted by atomic mass is 10.0. The number of hydrogen-bond acceptors (Lipinski definition) is 5. The van der Waals surface area contributed by atoms with Crippen molar-refractivity contribution < 1.29 is 4.74 Å². The van der Waals surface area contributed by atoms with E-state index in [9.17, 15) is 0 Å². The first-order chi connectivity index (χ1) is 11.0. The number of likely N-dealkylation sites (tertiary alicyclic amines) is 1. The summed E-state index contributed by atoms with van der Waals surface area (Å²) < 4.78 is 7.45. The van der Waals surface area contributed by atoms with Crippen LogP contribution in [0, 0.1) is 0 Å². The first-order valence-corrected chi connectivity index (χ1v) is 8.98. The molecule has 3 rings (SSSR count). The van der Waals surface area contributed by atoms with Gasteiger partial charge in [-0.1, -0.05) is 11.6 Å². The minimum absolute atomic E-state index is 0.000348. The third-order valence-corrected chi connectivity index (χ3v) is 4.91. The van der Waals surface area contributed by atoms with Crippen molar-refractivity contribution in [2.24, 2.45) is 0 Å². The van der Waals surface area contributed by atoms with E-state index in [0.29, 0.717) is 6.04 Å². The second-order valence-electron chi connectivity index (χ2n) is 7.86. The molecule has 2 saturated heterocycles. The molecule has 2 aliphatic heterocycles. The molecule has 0 saturated carbocycles. The highest BCUT2D eigenvalue weighted by Gasteiger charge is 2.26. The van der Waals surface area contributed by atoms with Crippen LogP contribution in [0.2, 0.25) is 0 Å². The van der Waals surface area contributed by atoms with Crippen LogP contribution < -0.4 is 0 Å². The third kappa shape index (κ3) is 4.52. The van der Waals surface area contributed by atoms with E-state index < -0.39 is 0 Å². The number of nitrogens with zero attached hydrogens (tertiary/aromatic N) is 5. The lowest BCUT2D eigenvalue weighted by molar-refractivity contribution is 0.0151. The fourth-order valence-electron chi connectivity index (χ4n) is 3.46. The summed E-state index contributed by atoms with van der Waals surface area (Å²) in [5.41, 5.74) is 1.09. The Bertz CT molecular complexity index is 489. The minimum Gasteiger partial charge on any atom is -0.379 e. The Morgan fingerprint density at radius 1 is 1.17 bits per heavy atom. The summed E-state index contributed by atoms with van der Waals surface area (Å²) in [5.74, 6) is 0. The smallest absolute Gasteiger partial charge is 0.0967 e. The first-order valence-electron chi connectivity index (χ1n) is 8.98. The number of rotatable bonds is 4. The van der Waals surface area contributed by atoms with Crippen molar-refractivity contribution in [3.8, 4) is 0 Å². The van der Waals surface area contributed by atoms with Crippen LogP contribution in [0.1, 0.15) is 45.7 Å². The Hall–Kier alpha value is -0.980. The van der Waals surface area contributed by atoms with Gasteiger partial charge in [-0.2, -0.15) is 0 Å².